The summed E-state index contributed by atoms with van der Waals surface area (Å²) in [6, 6.07) is 4.76. The number of fused-ring (bicyclic) bond motifs is 2. The number of amides is 3. The van der Waals surface area contributed by atoms with Crippen molar-refractivity contribution in [1.82, 2.24) is 9.80 Å². The number of thioether (sulfide) groups is 1. The average Bonchev–Trinajstić information content (AvgIpc) is 3.10. The minimum atomic E-state index is -0.919. The predicted molar refractivity (Wildman–Crippen MR) is 89.3 cm³/mol. The fraction of sp³-hybridized carbons (Fsp3) is 0.375. The molecule has 0 N–H and O–H groups in total. The Morgan fingerprint density at radius 3 is 2.32 bits per heavy atom. The number of halogens is 1. The van der Waals surface area contributed by atoms with Gasteiger partial charge in [-0.25, -0.2) is 4.79 Å². The Balaban J connectivity index is 1.65. The van der Waals surface area contributed by atoms with Crippen LogP contribution in [0.3, 0.4) is 0 Å². The maximum absolute atomic E-state index is 12.7. The Morgan fingerprint density at radius 1 is 1.20 bits per heavy atom. The van der Waals surface area contributed by atoms with E-state index in [0.717, 1.165) is 4.90 Å². The summed E-state index contributed by atoms with van der Waals surface area (Å²) < 4.78 is 4.77. The van der Waals surface area contributed by atoms with Crippen LogP contribution in [0.4, 0.5) is 0 Å². The molecule has 130 valence electrons. The second-order valence-corrected chi connectivity index (χ2v) is 7.57. The number of hydrogen-bond acceptors (Lipinski definition) is 6. The number of β-lactam (4-membered cyclic amide) rings is 1. The Bertz CT molecular complexity index is 780. The Hall–Kier alpha value is -2.06. The molecule has 4 atom stereocenters. The van der Waals surface area contributed by atoms with Gasteiger partial charge in [-0.1, -0.05) is 12.1 Å². The van der Waals surface area contributed by atoms with E-state index in [1.807, 2.05) is 0 Å². The standard InChI is InChI=1S/C16H13ClN2O5S/c1-24-16(23)10-9(6-17)25-15-11(14(22)19(10)15)18-12(20)7-4-2-3-5-8(7)13(18)21/h2-5,9-11,15H,6H2,1H3. The molecule has 4 unspecified atom stereocenters. The molecule has 0 aliphatic carbocycles. The summed E-state index contributed by atoms with van der Waals surface area (Å²) in [5.41, 5.74) is 0.584. The zero-order valence-electron chi connectivity index (χ0n) is 13.0. The van der Waals surface area contributed by atoms with Gasteiger partial charge in [-0.05, 0) is 12.1 Å². The van der Waals surface area contributed by atoms with Crippen molar-refractivity contribution in [2.24, 2.45) is 0 Å². The third-order valence-electron chi connectivity index (χ3n) is 4.72. The average molecular weight is 381 g/mol. The molecule has 2 fully saturated rings. The number of hydrogen-bond donors (Lipinski definition) is 0. The van der Waals surface area contributed by atoms with Crippen molar-refractivity contribution in [3.63, 3.8) is 0 Å². The van der Waals surface area contributed by atoms with Crippen LogP contribution in [0.1, 0.15) is 20.7 Å². The highest BCUT2D eigenvalue weighted by Crippen LogP contribution is 2.48. The molecule has 25 heavy (non-hydrogen) atoms. The number of rotatable bonds is 3. The molecule has 9 heteroatoms. The van der Waals surface area contributed by atoms with Gasteiger partial charge in [0, 0.05) is 5.88 Å². The largest absolute Gasteiger partial charge is 0.467 e. The van der Waals surface area contributed by atoms with E-state index in [1.165, 1.54) is 23.8 Å². The summed E-state index contributed by atoms with van der Waals surface area (Å²) in [6.07, 6.45) is 0. The smallest absolute Gasteiger partial charge is 0.329 e. The minimum Gasteiger partial charge on any atom is -0.467 e. The second-order valence-electron chi connectivity index (χ2n) is 5.90. The molecule has 0 bridgehead atoms. The molecule has 0 saturated carbocycles. The number of esters is 1. The van der Waals surface area contributed by atoms with Gasteiger partial charge in [0.25, 0.3) is 17.7 Å². The lowest BCUT2D eigenvalue weighted by molar-refractivity contribution is -0.163. The molecule has 3 amide bonds. The van der Waals surface area contributed by atoms with Crippen LogP contribution in [0.2, 0.25) is 0 Å². The van der Waals surface area contributed by atoms with E-state index >= 15 is 0 Å². The van der Waals surface area contributed by atoms with Crippen LogP contribution in [-0.4, -0.2) is 69.2 Å². The number of alkyl halides is 1. The Kier molecular flexibility index (Phi) is 3.77. The highest BCUT2D eigenvalue weighted by molar-refractivity contribution is 8.01. The van der Waals surface area contributed by atoms with Crippen LogP contribution >= 0.6 is 23.4 Å². The summed E-state index contributed by atoms with van der Waals surface area (Å²) in [6.45, 7) is 0. The number of nitrogens with zero attached hydrogens (tertiary/aromatic N) is 2. The second kappa shape index (κ2) is 5.74. The summed E-state index contributed by atoms with van der Waals surface area (Å²) in [5, 5.41) is -0.828. The normalized spacial score (nSPS) is 30.2. The number of imide groups is 1. The van der Waals surface area contributed by atoms with Gasteiger partial charge in [-0.3, -0.25) is 19.3 Å². The van der Waals surface area contributed by atoms with Crippen molar-refractivity contribution in [2.75, 3.05) is 13.0 Å². The first-order valence-corrected chi connectivity index (χ1v) is 9.07. The first-order valence-electron chi connectivity index (χ1n) is 7.59. The van der Waals surface area contributed by atoms with Crippen molar-refractivity contribution in [1.29, 1.82) is 0 Å². The molecule has 2 saturated heterocycles. The molecule has 3 heterocycles. The first kappa shape index (κ1) is 16.4. The van der Waals surface area contributed by atoms with Crippen LogP contribution in [0.25, 0.3) is 0 Å². The van der Waals surface area contributed by atoms with Gasteiger partial charge in [0.05, 0.1) is 23.5 Å². The Morgan fingerprint density at radius 2 is 1.80 bits per heavy atom. The molecule has 0 aromatic heterocycles. The van der Waals surface area contributed by atoms with Crippen LogP contribution < -0.4 is 0 Å². The van der Waals surface area contributed by atoms with E-state index in [9.17, 15) is 19.2 Å². The number of carbonyl (C=O) groups excluding carboxylic acids is 4. The van der Waals surface area contributed by atoms with Crippen LogP contribution in [0, 0.1) is 0 Å². The van der Waals surface area contributed by atoms with Crippen molar-refractivity contribution >= 4 is 47.1 Å². The number of ether oxygens (including phenoxy) is 1. The van der Waals surface area contributed by atoms with Crippen molar-refractivity contribution < 1.29 is 23.9 Å². The van der Waals surface area contributed by atoms with E-state index in [2.05, 4.69) is 0 Å². The molecule has 1 aromatic rings. The number of carbonyl (C=O) groups is 4. The van der Waals surface area contributed by atoms with Gasteiger partial charge >= 0.3 is 5.97 Å². The van der Waals surface area contributed by atoms with Gasteiger partial charge in [0.2, 0.25) is 0 Å². The maximum Gasteiger partial charge on any atom is 0.329 e. The lowest BCUT2D eigenvalue weighted by atomic mass is 10.0. The summed E-state index contributed by atoms with van der Waals surface area (Å²) in [4.78, 5) is 52.3. The predicted octanol–water partition coefficient (Wildman–Crippen LogP) is 0.715. The highest BCUT2D eigenvalue weighted by atomic mass is 35.5. The van der Waals surface area contributed by atoms with E-state index in [0.29, 0.717) is 11.1 Å². The molecular weight excluding hydrogens is 368 g/mol. The third-order valence-corrected chi connectivity index (χ3v) is 6.77. The zero-order chi connectivity index (χ0) is 17.9. The minimum absolute atomic E-state index is 0.152. The molecule has 1 aromatic carbocycles. The Labute approximate surface area is 152 Å². The summed E-state index contributed by atoms with van der Waals surface area (Å²) >= 11 is 7.25. The molecule has 7 nitrogen and oxygen atoms in total. The van der Waals surface area contributed by atoms with Gasteiger partial charge in [-0.2, -0.15) is 0 Å². The summed E-state index contributed by atoms with van der Waals surface area (Å²) in [7, 11) is 1.25. The van der Waals surface area contributed by atoms with Gasteiger partial charge in [0.1, 0.15) is 17.5 Å². The van der Waals surface area contributed by atoms with Crippen LogP contribution in [0.15, 0.2) is 24.3 Å². The first-order chi connectivity index (χ1) is 12.0. The topological polar surface area (TPSA) is 84.0 Å². The van der Waals surface area contributed by atoms with E-state index in [-0.39, 0.29) is 11.1 Å². The maximum atomic E-state index is 12.7. The van der Waals surface area contributed by atoms with Gasteiger partial charge in [0.15, 0.2) is 0 Å². The third kappa shape index (κ3) is 2.07. The lowest BCUT2D eigenvalue weighted by Crippen LogP contribution is -2.71. The van der Waals surface area contributed by atoms with E-state index in [1.54, 1.807) is 24.3 Å². The number of methoxy groups -OCH3 is 1. The van der Waals surface area contributed by atoms with E-state index in [4.69, 9.17) is 16.3 Å². The molecule has 4 rings (SSSR count). The molecule has 0 radical (unpaired) electrons. The molecule has 0 spiro atoms. The van der Waals surface area contributed by atoms with Gasteiger partial charge < -0.3 is 9.64 Å². The van der Waals surface area contributed by atoms with Crippen LogP contribution in [-0.2, 0) is 14.3 Å². The SMILES string of the molecule is COC(=O)C1C(CCl)SC2C(N3C(=O)c4ccccc4C3=O)C(=O)N21. The lowest BCUT2D eigenvalue weighted by Gasteiger charge is -2.46. The van der Waals surface area contributed by atoms with Crippen molar-refractivity contribution in [3.8, 4) is 0 Å². The van der Waals surface area contributed by atoms with Crippen molar-refractivity contribution in [3.05, 3.63) is 35.4 Å². The molecular formula is C16H13ClN2O5S. The number of benzene rings is 1. The quantitative estimate of drug-likeness (QED) is 0.332. The van der Waals surface area contributed by atoms with Crippen LogP contribution in [0.5, 0.6) is 0 Å². The fourth-order valence-corrected chi connectivity index (χ4v) is 5.51. The summed E-state index contributed by atoms with van der Waals surface area (Å²) in [5.74, 6) is -1.80. The van der Waals surface area contributed by atoms with Crippen molar-refractivity contribution in [2.45, 2.75) is 22.7 Å². The fourth-order valence-electron chi connectivity index (χ4n) is 3.54. The molecule has 3 aliphatic rings. The molecule has 3 aliphatic heterocycles. The van der Waals surface area contributed by atoms with E-state index < -0.39 is 41.1 Å². The highest BCUT2D eigenvalue weighted by Gasteiger charge is 2.65. The van der Waals surface area contributed by atoms with Gasteiger partial charge in [-0.15, -0.1) is 23.4 Å². The zero-order valence-corrected chi connectivity index (χ0v) is 14.6. The monoisotopic (exact) mass is 380 g/mol.